The topological polar surface area (TPSA) is 18.5 Å². The number of para-hydroxylation sites is 1. The highest BCUT2D eigenvalue weighted by Gasteiger charge is 2.42. The van der Waals surface area contributed by atoms with Gasteiger partial charge in [-0.2, -0.15) is 0 Å². The number of hydrogen-bond donors (Lipinski definition) is 0. The molecule has 3 rings (SSSR count). The number of benzene rings is 1. The van der Waals surface area contributed by atoms with Gasteiger partial charge in [-0.25, -0.2) is 0 Å². The van der Waals surface area contributed by atoms with Crippen LogP contribution in [-0.4, -0.2) is 5.79 Å². The van der Waals surface area contributed by atoms with Gasteiger partial charge in [-0.3, -0.25) is 0 Å². The van der Waals surface area contributed by atoms with Crippen molar-refractivity contribution in [1.82, 2.24) is 0 Å². The molecule has 1 unspecified atom stereocenters. The third-order valence-corrected chi connectivity index (χ3v) is 3.28. The van der Waals surface area contributed by atoms with Crippen LogP contribution in [0.1, 0.15) is 37.4 Å². The molecule has 1 fully saturated rings. The quantitative estimate of drug-likeness (QED) is 0.644. The molecule has 15 heavy (non-hydrogen) atoms. The standard InChI is InChI=1S/C13H15O2/c1-10-11-6-2-3-7-12(11)15-13(14-10)8-4-5-9-13/h2-3,6-7,10H,1,4-5,8-9H2. The summed E-state index contributed by atoms with van der Waals surface area (Å²) in [4.78, 5) is 0. The van der Waals surface area contributed by atoms with Gasteiger partial charge >= 0.3 is 0 Å². The predicted molar refractivity (Wildman–Crippen MR) is 57.5 cm³/mol. The molecular formula is C13H15O2. The van der Waals surface area contributed by atoms with Crippen LogP contribution in [0.15, 0.2) is 24.3 Å². The zero-order valence-corrected chi connectivity index (χ0v) is 8.74. The summed E-state index contributed by atoms with van der Waals surface area (Å²) in [6.45, 7) is 4.06. The van der Waals surface area contributed by atoms with E-state index >= 15 is 0 Å². The molecule has 0 bridgehead atoms. The van der Waals surface area contributed by atoms with Crippen molar-refractivity contribution in [3.63, 3.8) is 0 Å². The minimum atomic E-state index is -0.374. The van der Waals surface area contributed by atoms with Crippen LogP contribution < -0.4 is 4.74 Å². The fourth-order valence-electron chi connectivity index (χ4n) is 2.52. The Labute approximate surface area is 90.2 Å². The summed E-state index contributed by atoms with van der Waals surface area (Å²) in [5.41, 5.74) is 1.06. The number of ether oxygens (including phenoxy) is 2. The minimum absolute atomic E-state index is 0.0898. The van der Waals surface area contributed by atoms with Crippen LogP contribution in [0.3, 0.4) is 0 Å². The van der Waals surface area contributed by atoms with Gasteiger partial charge in [0.25, 0.3) is 0 Å². The van der Waals surface area contributed by atoms with Gasteiger partial charge < -0.3 is 9.47 Å². The zero-order chi connectivity index (χ0) is 10.3. The predicted octanol–water partition coefficient (Wildman–Crippen LogP) is 3.24. The van der Waals surface area contributed by atoms with E-state index in [1.165, 1.54) is 12.8 Å². The van der Waals surface area contributed by atoms with Crippen LogP contribution in [0.4, 0.5) is 0 Å². The Morgan fingerprint density at radius 2 is 1.93 bits per heavy atom. The molecule has 0 saturated heterocycles. The van der Waals surface area contributed by atoms with Crippen LogP contribution in [0.5, 0.6) is 5.75 Å². The van der Waals surface area contributed by atoms with Crippen LogP contribution in [0.2, 0.25) is 0 Å². The Bertz CT molecular complexity index is 367. The Kier molecular flexibility index (Phi) is 1.99. The first kappa shape index (κ1) is 9.22. The molecule has 1 heterocycles. The second-order valence-electron chi connectivity index (χ2n) is 4.36. The second-order valence-corrected chi connectivity index (χ2v) is 4.36. The molecule has 1 aliphatic carbocycles. The van der Waals surface area contributed by atoms with Crippen molar-refractivity contribution in [3.05, 3.63) is 36.8 Å². The summed E-state index contributed by atoms with van der Waals surface area (Å²) >= 11 is 0. The Balaban J connectivity index is 1.98. The van der Waals surface area contributed by atoms with E-state index in [1.54, 1.807) is 0 Å². The van der Waals surface area contributed by atoms with E-state index in [2.05, 4.69) is 6.92 Å². The summed E-state index contributed by atoms with van der Waals surface area (Å²) in [6, 6.07) is 8.03. The highest BCUT2D eigenvalue weighted by molar-refractivity contribution is 5.37. The van der Waals surface area contributed by atoms with Crippen molar-refractivity contribution < 1.29 is 9.47 Å². The lowest BCUT2D eigenvalue weighted by molar-refractivity contribution is -0.214. The van der Waals surface area contributed by atoms with Crippen molar-refractivity contribution in [2.24, 2.45) is 0 Å². The number of rotatable bonds is 0. The van der Waals surface area contributed by atoms with E-state index in [0.717, 1.165) is 24.2 Å². The Hall–Kier alpha value is -1.02. The smallest absolute Gasteiger partial charge is 0.211 e. The summed E-state index contributed by atoms with van der Waals surface area (Å²) < 4.78 is 11.9. The summed E-state index contributed by atoms with van der Waals surface area (Å²) in [5.74, 6) is 0.575. The fraction of sp³-hybridized carbons (Fsp3) is 0.462. The SMILES string of the molecule is [CH2]C1OC2(CCCC2)Oc2ccccc21. The summed E-state index contributed by atoms with van der Waals surface area (Å²) in [7, 11) is 0. The number of fused-ring (bicyclic) bond motifs is 1. The third-order valence-electron chi connectivity index (χ3n) is 3.28. The highest BCUT2D eigenvalue weighted by Crippen LogP contribution is 2.45. The first-order chi connectivity index (χ1) is 7.29. The largest absolute Gasteiger partial charge is 0.462 e. The molecule has 0 aromatic heterocycles. The van der Waals surface area contributed by atoms with E-state index in [9.17, 15) is 0 Å². The maximum atomic E-state index is 5.99. The van der Waals surface area contributed by atoms with Crippen molar-refractivity contribution >= 4 is 0 Å². The van der Waals surface area contributed by atoms with Gasteiger partial charge in [-0.15, -0.1) is 0 Å². The van der Waals surface area contributed by atoms with E-state index < -0.39 is 0 Å². The van der Waals surface area contributed by atoms with Gasteiger partial charge in [-0.05, 0) is 25.8 Å². The monoisotopic (exact) mass is 203 g/mol. The Morgan fingerprint density at radius 3 is 2.73 bits per heavy atom. The van der Waals surface area contributed by atoms with Crippen molar-refractivity contribution in [2.75, 3.05) is 0 Å². The average molecular weight is 203 g/mol. The highest BCUT2D eigenvalue weighted by atomic mass is 16.7. The van der Waals surface area contributed by atoms with Crippen LogP contribution >= 0.6 is 0 Å². The molecule has 0 N–H and O–H groups in total. The van der Waals surface area contributed by atoms with Crippen molar-refractivity contribution in [1.29, 1.82) is 0 Å². The van der Waals surface area contributed by atoms with E-state index in [-0.39, 0.29) is 11.9 Å². The fourth-order valence-corrected chi connectivity index (χ4v) is 2.52. The molecule has 1 radical (unpaired) electrons. The van der Waals surface area contributed by atoms with Gasteiger partial charge in [0, 0.05) is 18.4 Å². The minimum Gasteiger partial charge on any atom is -0.462 e. The van der Waals surface area contributed by atoms with Crippen LogP contribution in [-0.2, 0) is 4.74 Å². The summed E-state index contributed by atoms with van der Waals surface area (Å²) in [5, 5.41) is 0. The molecule has 2 aliphatic rings. The average Bonchev–Trinajstić information content (AvgIpc) is 2.66. The molecule has 1 saturated carbocycles. The van der Waals surface area contributed by atoms with E-state index in [1.807, 2.05) is 24.3 Å². The lowest BCUT2D eigenvalue weighted by Crippen LogP contribution is -2.40. The third kappa shape index (κ3) is 1.44. The maximum Gasteiger partial charge on any atom is 0.211 e. The van der Waals surface area contributed by atoms with Crippen LogP contribution in [0.25, 0.3) is 0 Å². The number of hydrogen-bond acceptors (Lipinski definition) is 2. The molecule has 2 heteroatoms. The van der Waals surface area contributed by atoms with E-state index in [0.29, 0.717) is 0 Å². The lowest BCUT2D eigenvalue weighted by Gasteiger charge is -2.38. The van der Waals surface area contributed by atoms with Gasteiger partial charge in [0.2, 0.25) is 5.79 Å². The molecule has 1 spiro atoms. The Morgan fingerprint density at radius 1 is 1.20 bits per heavy atom. The van der Waals surface area contributed by atoms with Gasteiger partial charge in [-0.1, -0.05) is 18.2 Å². The van der Waals surface area contributed by atoms with Crippen molar-refractivity contribution in [2.45, 2.75) is 37.6 Å². The summed E-state index contributed by atoms with van der Waals surface area (Å²) in [6.07, 6.45) is 4.28. The zero-order valence-electron chi connectivity index (χ0n) is 8.74. The first-order valence-electron chi connectivity index (χ1n) is 5.58. The first-order valence-corrected chi connectivity index (χ1v) is 5.58. The van der Waals surface area contributed by atoms with E-state index in [4.69, 9.17) is 9.47 Å². The normalized spacial score (nSPS) is 27.4. The van der Waals surface area contributed by atoms with Gasteiger partial charge in [0.15, 0.2) is 0 Å². The molecule has 1 aromatic carbocycles. The molecule has 1 aromatic rings. The molecule has 1 atom stereocenters. The lowest BCUT2D eigenvalue weighted by atomic mass is 10.1. The molecular weight excluding hydrogens is 188 g/mol. The second kappa shape index (κ2) is 3.24. The molecule has 79 valence electrons. The van der Waals surface area contributed by atoms with Crippen LogP contribution in [0, 0.1) is 6.92 Å². The molecule has 1 aliphatic heterocycles. The molecule has 2 nitrogen and oxygen atoms in total. The van der Waals surface area contributed by atoms with Crippen molar-refractivity contribution in [3.8, 4) is 5.75 Å². The maximum absolute atomic E-state index is 5.99. The van der Waals surface area contributed by atoms with Gasteiger partial charge in [0.05, 0.1) is 6.10 Å². The van der Waals surface area contributed by atoms with Gasteiger partial charge in [0.1, 0.15) is 5.75 Å². The molecule has 0 amide bonds.